The Morgan fingerprint density at radius 2 is 2.00 bits per heavy atom. The van der Waals surface area contributed by atoms with Crippen molar-refractivity contribution in [3.63, 3.8) is 0 Å². The van der Waals surface area contributed by atoms with Crippen LogP contribution in [0, 0.1) is 5.92 Å². The molecule has 9 heteroatoms. The van der Waals surface area contributed by atoms with Crippen LogP contribution in [0.5, 0.6) is 11.5 Å². The first-order chi connectivity index (χ1) is 17.8. The van der Waals surface area contributed by atoms with E-state index in [9.17, 15) is 9.90 Å². The second kappa shape index (κ2) is 11.9. The Labute approximate surface area is 224 Å². The number of nitrogens with one attached hydrogen (secondary N) is 1. The van der Waals surface area contributed by atoms with Crippen molar-refractivity contribution in [1.82, 2.24) is 10.2 Å². The van der Waals surface area contributed by atoms with Gasteiger partial charge in [0.1, 0.15) is 11.5 Å². The Morgan fingerprint density at radius 1 is 1.19 bits per heavy atom. The number of hydrogen-bond donors (Lipinski definition) is 3. The van der Waals surface area contributed by atoms with E-state index in [2.05, 4.69) is 10.2 Å². The molecule has 0 unspecified atom stereocenters. The Bertz CT molecular complexity index is 1100. The third kappa shape index (κ3) is 5.98. The lowest BCUT2D eigenvalue weighted by Crippen LogP contribution is -2.56. The average molecular weight is 532 g/mol. The minimum atomic E-state index is -0.897. The molecule has 4 rings (SSSR count). The van der Waals surface area contributed by atoms with Crippen LogP contribution in [-0.4, -0.2) is 69.0 Å². The SMILES string of the molecule is COc1cccc([C@@]2(O)CCCC[C@@H]2CN2CC[C@@H](NC(=O)c3cc(Cl)c(N)cc3OC)[C@@H](OC)C2)c1. The fourth-order valence-corrected chi connectivity index (χ4v) is 5.93. The van der Waals surface area contributed by atoms with E-state index in [1.54, 1.807) is 20.3 Å². The van der Waals surface area contributed by atoms with E-state index in [4.69, 9.17) is 31.5 Å². The van der Waals surface area contributed by atoms with Crippen molar-refractivity contribution >= 4 is 23.2 Å². The molecule has 0 radical (unpaired) electrons. The molecule has 4 N–H and O–H groups in total. The summed E-state index contributed by atoms with van der Waals surface area (Å²) in [4.78, 5) is 15.5. The Morgan fingerprint density at radius 3 is 2.73 bits per heavy atom. The van der Waals surface area contributed by atoms with Crippen LogP contribution >= 0.6 is 11.6 Å². The standard InChI is InChI=1S/C28H38ClN3O5/c1-35-20-9-6-8-18(13-20)28(34)11-5-4-7-19(28)16-32-12-10-24(26(17-32)37-3)31-27(33)21-14-22(29)23(30)15-25(21)36-2/h6,8-9,13-15,19,24,26,34H,4-5,7,10-12,16-17,30H2,1-3H3,(H,31,33)/t19-,24-,26+,28+/m1/s1. The van der Waals surface area contributed by atoms with Crippen LogP contribution in [0.15, 0.2) is 36.4 Å². The van der Waals surface area contributed by atoms with Gasteiger partial charge in [-0.15, -0.1) is 0 Å². The van der Waals surface area contributed by atoms with Crippen LogP contribution in [0.1, 0.15) is 48.0 Å². The van der Waals surface area contributed by atoms with E-state index in [0.717, 1.165) is 56.5 Å². The molecule has 1 aliphatic heterocycles. The first-order valence-corrected chi connectivity index (χ1v) is 13.2. The van der Waals surface area contributed by atoms with Gasteiger partial charge in [0.15, 0.2) is 0 Å². The Balaban J connectivity index is 1.43. The number of rotatable bonds is 8. The fourth-order valence-electron chi connectivity index (χ4n) is 5.77. The summed E-state index contributed by atoms with van der Waals surface area (Å²) in [6, 6.07) is 10.7. The molecular weight excluding hydrogens is 494 g/mol. The smallest absolute Gasteiger partial charge is 0.255 e. The molecule has 2 fully saturated rings. The maximum Gasteiger partial charge on any atom is 0.255 e. The zero-order valence-electron chi connectivity index (χ0n) is 21.8. The number of likely N-dealkylation sites (tertiary alicyclic amines) is 1. The van der Waals surface area contributed by atoms with E-state index in [-0.39, 0.29) is 24.0 Å². The Hall–Kier alpha value is -2.52. The van der Waals surface area contributed by atoms with E-state index in [1.807, 2.05) is 24.3 Å². The van der Waals surface area contributed by atoms with Crippen LogP contribution < -0.4 is 20.5 Å². The number of carbonyl (C=O) groups is 1. The number of methoxy groups -OCH3 is 3. The second-order valence-corrected chi connectivity index (χ2v) is 10.5. The number of ether oxygens (including phenoxy) is 3. The molecule has 0 spiro atoms. The number of hydrogen-bond acceptors (Lipinski definition) is 7. The average Bonchev–Trinajstić information content (AvgIpc) is 2.92. The van der Waals surface area contributed by atoms with Crippen molar-refractivity contribution in [3.05, 3.63) is 52.5 Å². The van der Waals surface area contributed by atoms with E-state index in [0.29, 0.717) is 28.6 Å². The van der Waals surface area contributed by atoms with Gasteiger partial charge in [-0.25, -0.2) is 0 Å². The molecule has 2 aromatic rings. The molecule has 1 aliphatic carbocycles. The van der Waals surface area contributed by atoms with Gasteiger partial charge in [0.05, 0.1) is 48.2 Å². The lowest BCUT2D eigenvalue weighted by molar-refractivity contribution is -0.0760. The number of piperidine rings is 1. The number of nitrogens with two attached hydrogens (primary N) is 1. The predicted molar refractivity (Wildman–Crippen MR) is 144 cm³/mol. The van der Waals surface area contributed by atoms with Crippen molar-refractivity contribution in [3.8, 4) is 11.5 Å². The molecule has 0 bridgehead atoms. The lowest BCUT2D eigenvalue weighted by atomic mass is 9.71. The predicted octanol–water partition coefficient (Wildman–Crippen LogP) is 3.84. The molecule has 1 saturated carbocycles. The first-order valence-electron chi connectivity index (χ1n) is 12.8. The second-order valence-electron chi connectivity index (χ2n) is 10.1. The van der Waals surface area contributed by atoms with Crippen LogP contribution in [-0.2, 0) is 10.3 Å². The molecule has 1 heterocycles. The number of anilines is 1. The summed E-state index contributed by atoms with van der Waals surface area (Å²) in [6.45, 7) is 2.20. The van der Waals surface area contributed by atoms with Gasteiger partial charge < -0.3 is 35.3 Å². The number of halogens is 1. The zero-order chi connectivity index (χ0) is 26.6. The number of benzene rings is 2. The normalized spacial score (nSPS) is 26.5. The highest BCUT2D eigenvalue weighted by Crippen LogP contribution is 2.43. The molecule has 2 aromatic carbocycles. The summed E-state index contributed by atoms with van der Waals surface area (Å²) in [5.74, 6) is 0.947. The Kier molecular flexibility index (Phi) is 8.85. The minimum absolute atomic E-state index is 0.0955. The first kappa shape index (κ1) is 27.5. The zero-order valence-corrected chi connectivity index (χ0v) is 22.6. The van der Waals surface area contributed by atoms with Crippen molar-refractivity contribution in [2.75, 3.05) is 46.7 Å². The van der Waals surface area contributed by atoms with Crippen LogP contribution in [0.3, 0.4) is 0 Å². The molecule has 1 saturated heterocycles. The van der Waals surface area contributed by atoms with Gasteiger partial charge in [-0.3, -0.25) is 4.79 Å². The number of carbonyl (C=O) groups excluding carboxylic acids is 1. The highest BCUT2D eigenvalue weighted by Gasteiger charge is 2.42. The molecule has 37 heavy (non-hydrogen) atoms. The van der Waals surface area contributed by atoms with E-state index >= 15 is 0 Å². The summed E-state index contributed by atoms with van der Waals surface area (Å²) in [5, 5.41) is 15.3. The van der Waals surface area contributed by atoms with Crippen LogP contribution in [0.4, 0.5) is 5.69 Å². The summed E-state index contributed by atoms with van der Waals surface area (Å²) >= 11 is 6.16. The van der Waals surface area contributed by atoms with Crippen molar-refractivity contribution in [1.29, 1.82) is 0 Å². The van der Waals surface area contributed by atoms with Crippen molar-refractivity contribution in [2.24, 2.45) is 5.92 Å². The summed E-state index contributed by atoms with van der Waals surface area (Å²) < 4.78 is 16.6. The number of nitrogen functional groups attached to an aromatic ring is 1. The van der Waals surface area contributed by atoms with Gasteiger partial charge in [0.2, 0.25) is 0 Å². The highest BCUT2D eigenvalue weighted by molar-refractivity contribution is 6.33. The van der Waals surface area contributed by atoms with Crippen LogP contribution in [0.2, 0.25) is 5.02 Å². The van der Waals surface area contributed by atoms with Gasteiger partial charge in [0, 0.05) is 38.7 Å². The van der Waals surface area contributed by atoms with E-state index in [1.165, 1.54) is 13.2 Å². The monoisotopic (exact) mass is 531 g/mol. The maximum atomic E-state index is 13.1. The van der Waals surface area contributed by atoms with Crippen molar-refractivity contribution in [2.45, 2.75) is 49.9 Å². The quantitative estimate of drug-likeness (QED) is 0.444. The summed E-state index contributed by atoms with van der Waals surface area (Å²) in [5.41, 5.74) is 6.57. The highest BCUT2D eigenvalue weighted by atomic mass is 35.5. The third-order valence-corrected chi connectivity index (χ3v) is 8.24. The number of amides is 1. The number of aliphatic hydroxyl groups is 1. The van der Waals surface area contributed by atoms with Crippen LogP contribution in [0.25, 0.3) is 0 Å². The van der Waals surface area contributed by atoms with Gasteiger partial charge >= 0.3 is 0 Å². The molecule has 202 valence electrons. The van der Waals surface area contributed by atoms with E-state index < -0.39 is 5.60 Å². The molecule has 8 nitrogen and oxygen atoms in total. The van der Waals surface area contributed by atoms with Crippen molar-refractivity contribution < 1.29 is 24.1 Å². The minimum Gasteiger partial charge on any atom is -0.497 e. The molecule has 1 amide bonds. The fraction of sp³-hybridized carbons (Fsp3) is 0.536. The van der Waals surface area contributed by atoms with Gasteiger partial charge in [0.25, 0.3) is 5.91 Å². The van der Waals surface area contributed by atoms with Gasteiger partial charge in [-0.05, 0) is 43.0 Å². The summed E-state index contributed by atoms with van der Waals surface area (Å²) in [7, 11) is 4.81. The molecule has 4 atom stereocenters. The number of nitrogens with zero attached hydrogens (tertiary/aromatic N) is 1. The van der Waals surface area contributed by atoms with Gasteiger partial charge in [-0.2, -0.15) is 0 Å². The maximum absolute atomic E-state index is 13.1. The largest absolute Gasteiger partial charge is 0.497 e. The third-order valence-electron chi connectivity index (χ3n) is 7.91. The molecular formula is C28H38ClN3O5. The lowest BCUT2D eigenvalue weighted by Gasteiger charge is -2.45. The molecule has 2 aliphatic rings. The molecule has 0 aromatic heterocycles. The summed E-state index contributed by atoms with van der Waals surface area (Å²) in [6.07, 6.45) is 4.32. The topological polar surface area (TPSA) is 106 Å². The van der Waals surface area contributed by atoms with Gasteiger partial charge in [-0.1, -0.05) is 36.6 Å².